The van der Waals surface area contributed by atoms with E-state index in [4.69, 9.17) is 4.74 Å². The average molecular weight is 307 g/mol. The van der Waals surface area contributed by atoms with Gasteiger partial charge in [0.2, 0.25) is 0 Å². The van der Waals surface area contributed by atoms with Crippen molar-refractivity contribution in [1.29, 1.82) is 0 Å². The van der Waals surface area contributed by atoms with Crippen LogP contribution in [0.15, 0.2) is 35.6 Å². The second kappa shape index (κ2) is 6.70. The monoisotopic (exact) mass is 307 g/mol. The lowest BCUT2D eigenvalue weighted by Gasteiger charge is -2.26. The van der Waals surface area contributed by atoms with Crippen LogP contribution >= 0.6 is 0 Å². The van der Waals surface area contributed by atoms with E-state index in [1.165, 1.54) is 36.1 Å². The quantitative estimate of drug-likeness (QED) is 0.818. The molecule has 0 radical (unpaired) electrons. The summed E-state index contributed by atoms with van der Waals surface area (Å²) in [7, 11) is 1.56. The first kappa shape index (κ1) is 16.2. The van der Waals surface area contributed by atoms with Crippen LogP contribution in [0.1, 0.15) is 24.9 Å². The van der Waals surface area contributed by atoms with Crippen molar-refractivity contribution in [2.45, 2.75) is 19.4 Å². The summed E-state index contributed by atoms with van der Waals surface area (Å²) in [6, 6.07) is 4.86. The van der Waals surface area contributed by atoms with Crippen LogP contribution < -0.4 is 0 Å². The summed E-state index contributed by atoms with van der Waals surface area (Å²) in [4.78, 5) is 25.5. The highest BCUT2D eigenvalue weighted by atomic mass is 19.1. The van der Waals surface area contributed by atoms with Crippen LogP contribution in [-0.4, -0.2) is 42.0 Å². The molecule has 1 atom stereocenters. The Kier molecular flexibility index (Phi) is 4.92. The summed E-state index contributed by atoms with van der Waals surface area (Å²) >= 11 is 0. The third kappa shape index (κ3) is 3.01. The molecule has 0 saturated heterocycles. The van der Waals surface area contributed by atoms with Crippen LogP contribution in [-0.2, 0) is 14.3 Å². The fourth-order valence-corrected chi connectivity index (χ4v) is 2.61. The maximum Gasteiger partial charge on any atom is 0.290 e. The van der Waals surface area contributed by atoms with Crippen LogP contribution in [0, 0.1) is 5.82 Å². The maximum absolute atomic E-state index is 13.1. The van der Waals surface area contributed by atoms with Gasteiger partial charge in [-0.3, -0.25) is 9.59 Å². The lowest BCUT2D eigenvalue weighted by atomic mass is 9.96. The summed E-state index contributed by atoms with van der Waals surface area (Å²) in [6.45, 7) is 2.08. The second-order valence-electron chi connectivity index (χ2n) is 5.12. The van der Waals surface area contributed by atoms with Crippen molar-refractivity contribution in [1.82, 2.24) is 4.90 Å². The van der Waals surface area contributed by atoms with Gasteiger partial charge >= 0.3 is 0 Å². The number of amides is 1. The van der Waals surface area contributed by atoms with E-state index in [1.807, 2.05) is 0 Å². The van der Waals surface area contributed by atoms with Crippen molar-refractivity contribution < 1.29 is 23.8 Å². The number of ketones is 1. The predicted octanol–water partition coefficient (Wildman–Crippen LogP) is 2.15. The van der Waals surface area contributed by atoms with Crippen LogP contribution in [0.25, 0.3) is 0 Å². The molecular weight excluding hydrogens is 289 g/mol. The van der Waals surface area contributed by atoms with E-state index < -0.39 is 23.5 Å². The number of ether oxygens (including phenoxy) is 1. The number of carbonyl (C=O) groups is 2. The fourth-order valence-electron chi connectivity index (χ4n) is 2.61. The molecule has 1 aliphatic rings. The van der Waals surface area contributed by atoms with Gasteiger partial charge in [0.05, 0.1) is 11.6 Å². The largest absolute Gasteiger partial charge is 0.503 e. The SMILES string of the molecule is COCCCN1C(=O)C(O)=C(C(C)=O)[C@@H]1c1ccc(F)cc1. The smallest absolute Gasteiger partial charge is 0.290 e. The lowest BCUT2D eigenvalue weighted by Crippen LogP contribution is -2.32. The summed E-state index contributed by atoms with van der Waals surface area (Å²) in [5.74, 6) is -1.90. The molecule has 1 amide bonds. The van der Waals surface area contributed by atoms with E-state index in [0.717, 1.165) is 0 Å². The summed E-state index contributed by atoms with van der Waals surface area (Å²) in [6.07, 6.45) is 0.568. The minimum absolute atomic E-state index is 0.0500. The predicted molar refractivity (Wildman–Crippen MR) is 77.7 cm³/mol. The summed E-state index contributed by atoms with van der Waals surface area (Å²) in [5.41, 5.74) is 0.635. The van der Waals surface area contributed by atoms with E-state index in [1.54, 1.807) is 7.11 Å². The normalized spacial score (nSPS) is 18.2. The number of aliphatic hydroxyl groups excluding tert-OH is 1. The fraction of sp³-hybridized carbons (Fsp3) is 0.375. The number of hydrogen-bond donors (Lipinski definition) is 1. The molecule has 5 nitrogen and oxygen atoms in total. The van der Waals surface area contributed by atoms with Crippen LogP contribution in [0.3, 0.4) is 0 Å². The first-order valence-electron chi connectivity index (χ1n) is 6.96. The first-order chi connectivity index (χ1) is 10.5. The molecule has 0 unspecified atom stereocenters. The molecule has 6 heteroatoms. The van der Waals surface area contributed by atoms with Gasteiger partial charge in [0.1, 0.15) is 5.82 Å². The molecule has 1 N–H and O–H groups in total. The number of halogens is 1. The van der Waals surface area contributed by atoms with Crippen molar-refractivity contribution in [3.8, 4) is 0 Å². The third-order valence-corrected chi connectivity index (χ3v) is 3.62. The minimum Gasteiger partial charge on any atom is -0.503 e. The minimum atomic E-state index is -0.692. The zero-order valence-electron chi connectivity index (χ0n) is 12.5. The molecule has 0 spiro atoms. The average Bonchev–Trinajstić information content (AvgIpc) is 2.73. The topological polar surface area (TPSA) is 66.8 Å². The molecule has 0 saturated carbocycles. The number of benzene rings is 1. The number of Topliss-reactive ketones (excluding diaryl/α,β-unsaturated/α-hetero) is 1. The van der Waals surface area contributed by atoms with E-state index in [9.17, 15) is 19.1 Å². The van der Waals surface area contributed by atoms with Crippen molar-refractivity contribution in [2.75, 3.05) is 20.3 Å². The molecular formula is C16H18FNO4. The molecule has 118 valence electrons. The molecule has 22 heavy (non-hydrogen) atoms. The molecule has 0 bridgehead atoms. The van der Waals surface area contributed by atoms with Gasteiger partial charge in [0.25, 0.3) is 5.91 Å². The molecule has 1 aliphatic heterocycles. The number of methoxy groups -OCH3 is 1. The number of rotatable bonds is 6. The van der Waals surface area contributed by atoms with Crippen LogP contribution in [0.2, 0.25) is 0 Å². The van der Waals surface area contributed by atoms with Gasteiger partial charge in [-0.2, -0.15) is 0 Å². The van der Waals surface area contributed by atoms with Crippen molar-refractivity contribution >= 4 is 11.7 Å². The van der Waals surface area contributed by atoms with Crippen LogP contribution in [0.4, 0.5) is 4.39 Å². The Hall–Kier alpha value is -2.21. The van der Waals surface area contributed by atoms with E-state index in [2.05, 4.69) is 0 Å². The number of hydrogen-bond acceptors (Lipinski definition) is 4. The molecule has 2 rings (SSSR count). The Morgan fingerprint density at radius 2 is 2.00 bits per heavy atom. The molecule has 1 aromatic rings. The van der Waals surface area contributed by atoms with Crippen LogP contribution in [0.5, 0.6) is 0 Å². The molecule has 1 heterocycles. The molecule has 0 aliphatic carbocycles. The number of aliphatic hydroxyl groups is 1. The Labute approximate surface area is 128 Å². The number of nitrogens with zero attached hydrogens (tertiary/aromatic N) is 1. The van der Waals surface area contributed by atoms with Gasteiger partial charge in [-0.1, -0.05) is 12.1 Å². The van der Waals surface area contributed by atoms with Gasteiger partial charge in [-0.05, 0) is 31.0 Å². The van der Waals surface area contributed by atoms with Gasteiger partial charge in [-0.15, -0.1) is 0 Å². The zero-order valence-corrected chi connectivity index (χ0v) is 12.5. The Balaban J connectivity index is 2.39. The lowest BCUT2D eigenvalue weighted by molar-refractivity contribution is -0.129. The van der Waals surface area contributed by atoms with Crippen molar-refractivity contribution in [3.63, 3.8) is 0 Å². The number of carbonyl (C=O) groups excluding carboxylic acids is 2. The first-order valence-corrected chi connectivity index (χ1v) is 6.96. The van der Waals surface area contributed by atoms with E-state index >= 15 is 0 Å². The van der Waals surface area contributed by atoms with Gasteiger partial charge in [0.15, 0.2) is 11.5 Å². The zero-order chi connectivity index (χ0) is 16.3. The Morgan fingerprint density at radius 1 is 1.36 bits per heavy atom. The Bertz CT molecular complexity index is 609. The molecule has 1 aromatic carbocycles. The highest BCUT2D eigenvalue weighted by molar-refractivity contribution is 6.08. The summed E-state index contributed by atoms with van der Waals surface area (Å²) in [5, 5.41) is 10.0. The standard InChI is InChI=1S/C16H18FNO4/c1-10(19)13-14(11-4-6-12(17)7-5-11)18(8-3-9-22-2)16(21)15(13)20/h4-7,14,20H,3,8-9H2,1-2H3/t14-/m0/s1. The Morgan fingerprint density at radius 3 is 2.55 bits per heavy atom. The van der Waals surface area contributed by atoms with E-state index in [0.29, 0.717) is 25.1 Å². The molecule has 0 aromatic heterocycles. The maximum atomic E-state index is 13.1. The highest BCUT2D eigenvalue weighted by Gasteiger charge is 2.41. The van der Waals surface area contributed by atoms with E-state index in [-0.39, 0.29) is 11.4 Å². The van der Waals surface area contributed by atoms with Crippen molar-refractivity contribution in [3.05, 3.63) is 47.0 Å². The summed E-state index contributed by atoms with van der Waals surface area (Å²) < 4.78 is 18.1. The van der Waals surface area contributed by atoms with Gasteiger partial charge in [-0.25, -0.2) is 4.39 Å². The molecule has 0 fully saturated rings. The van der Waals surface area contributed by atoms with Gasteiger partial charge < -0.3 is 14.7 Å². The highest BCUT2D eigenvalue weighted by Crippen LogP contribution is 2.37. The van der Waals surface area contributed by atoms with Gasteiger partial charge in [0, 0.05) is 20.3 Å². The van der Waals surface area contributed by atoms with Crippen molar-refractivity contribution in [2.24, 2.45) is 0 Å². The third-order valence-electron chi connectivity index (χ3n) is 3.62. The second-order valence-corrected chi connectivity index (χ2v) is 5.12.